The number of hydrogen-bond donors (Lipinski definition) is 2. The number of halogens is 3. The fourth-order valence-corrected chi connectivity index (χ4v) is 2.47. The van der Waals surface area contributed by atoms with Gasteiger partial charge in [0.05, 0.1) is 13.2 Å². The Labute approximate surface area is 153 Å². The fraction of sp³-hybridized carbons (Fsp3) is 0.467. The van der Waals surface area contributed by atoms with E-state index in [2.05, 4.69) is 4.40 Å². The van der Waals surface area contributed by atoms with E-state index < -0.39 is 51.6 Å². The summed E-state index contributed by atoms with van der Waals surface area (Å²) in [5, 5.41) is 30.5. The molecule has 152 valence electrons. The van der Waals surface area contributed by atoms with E-state index in [4.69, 9.17) is 4.74 Å². The molecule has 1 rings (SSSR count). The lowest BCUT2D eigenvalue weighted by Gasteiger charge is -2.26. The van der Waals surface area contributed by atoms with Crippen molar-refractivity contribution in [1.29, 1.82) is 0 Å². The van der Waals surface area contributed by atoms with Crippen LogP contribution in [0.25, 0.3) is 0 Å². The summed E-state index contributed by atoms with van der Waals surface area (Å²) in [6, 6.07) is 4.11. The molecular formula is C15H17F3NO7S-. The Kier molecular flexibility index (Phi) is 7.34. The first-order valence-electron chi connectivity index (χ1n) is 7.55. The Bertz CT molecular complexity index is 802. The molecule has 0 aliphatic rings. The topological polar surface area (TPSA) is 136 Å². The van der Waals surface area contributed by atoms with Crippen molar-refractivity contribution in [3.05, 3.63) is 29.8 Å². The molecule has 0 saturated heterocycles. The maximum Gasteiger partial charge on any atom is 0.518 e. The molecule has 0 amide bonds. The average Bonchev–Trinajstić information content (AvgIpc) is 2.58. The van der Waals surface area contributed by atoms with Gasteiger partial charge in [-0.3, -0.25) is 4.79 Å². The lowest BCUT2D eigenvalue weighted by Crippen LogP contribution is -2.41. The first kappa shape index (κ1) is 22.9. The highest BCUT2D eigenvalue weighted by molar-refractivity contribution is 7.91. The van der Waals surface area contributed by atoms with Crippen molar-refractivity contribution in [3.63, 3.8) is 0 Å². The molecule has 0 radical (unpaired) electrons. The largest absolute Gasteiger partial charge is 0.858 e. The molecule has 2 N–H and O–H groups in total. The minimum atomic E-state index is -6.02. The number of hydrogen-bond acceptors (Lipinski definition) is 7. The molecule has 0 atom stereocenters. The van der Waals surface area contributed by atoms with Gasteiger partial charge < -0.3 is 20.1 Å². The maximum absolute atomic E-state index is 12.3. The van der Waals surface area contributed by atoms with Crippen LogP contribution < -0.4 is 9.84 Å². The highest BCUT2D eigenvalue weighted by Crippen LogP contribution is 2.27. The van der Waals surface area contributed by atoms with Crippen LogP contribution in [0.4, 0.5) is 13.2 Å². The molecule has 27 heavy (non-hydrogen) atoms. The van der Waals surface area contributed by atoms with E-state index in [9.17, 15) is 41.7 Å². The zero-order chi connectivity index (χ0) is 20.9. The van der Waals surface area contributed by atoms with Gasteiger partial charge in [0.25, 0.3) is 0 Å². The molecule has 8 nitrogen and oxygen atoms in total. The molecule has 12 heteroatoms. The van der Waals surface area contributed by atoms with Gasteiger partial charge in [0.2, 0.25) is 0 Å². The summed E-state index contributed by atoms with van der Waals surface area (Å²) in [7, 11) is -6.02. The average molecular weight is 412 g/mol. The molecule has 1 aromatic carbocycles. The number of alkyl halides is 3. The van der Waals surface area contributed by atoms with Gasteiger partial charge in [-0.25, -0.2) is 0 Å². The number of aliphatic hydroxyl groups is 2. The van der Waals surface area contributed by atoms with Crippen molar-refractivity contribution in [1.82, 2.24) is 0 Å². The molecule has 0 aliphatic heterocycles. The maximum atomic E-state index is 12.3. The van der Waals surface area contributed by atoms with Gasteiger partial charge in [0.1, 0.15) is 11.2 Å². The lowest BCUT2D eigenvalue weighted by molar-refractivity contribution is -0.212. The molecule has 0 spiro atoms. The van der Waals surface area contributed by atoms with Gasteiger partial charge in [0.15, 0.2) is 0 Å². The van der Waals surface area contributed by atoms with E-state index in [1.807, 2.05) is 0 Å². The zero-order valence-electron chi connectivity index (χ0n) is 14.1. The number of carbonyl (C=O) groups is 1. The predicted octanol–water partition coefficient (Wildman–Crippen LogP) is 0.320. The number of aliphatic hydroxyl groups excluding tert-OH is 2. The Morgan fingerprint density at radius 2 is 1.85 bits per heavy atom. The molecule has 0 bridgehead atoms. The van der Waals surface area contributed by atoms with Crippen molar-refractivity contribution < 1.29 is 46.4 Å². The van der Waals surface area contributed by atoms with E-state index in [1.165, 1.54) is 6.07 Å². The first-order valence-corrected chi connectivity index (χ1v) is 8.99. The monoisotopic (exact) mass is 412 g/mol. The van der Waals surface area contributed by atoms with Gasteiger partial charge in [-0.05, 0) is 24.1 Å². The van der Waals surface area contributed by atoms with E-state index >= 15 is 0 Å². The summed E-state index contributed by atoms with van der Waals surface area (Å²) in [6.45, 7) is 0.275. The smallest absolute Gasteiger partial charge is 0.518 e. The van der Waals surface area contributed by atoms with Crippen LogP contribution in [0.5, 0.6) is 5.75 Å². The Morgan fingerprint density at radius 1 is 1.26 bits per heavy atom. The Balaban J connectivity index is 3.15. The number of sulfonamides is 1. The second kappa shape index (κ2) is 8.67. The third-order valence-corrected chi connectivity index (χ3v) is 4.55. The summed E-state index contributed by atoms with van der Waals surface area (Å²) in [5.74, 6) is -3.01. The highest BCUT2D eigenvalue weighted by atomic mass is 32.2. The molecule has 0 heterocycles. The molecule has 0 unspecified atom stereocenters. The second-order valence-electron chi connectivity index (χ2n) is 5.58. The van der Waals surface area contributed by atoms with Crippen molar-refractivity contribution >= 4 is 21.9 Å². The van der Waals surface area contributed by atoms with Crippen LogP contribution in [-0.2, 0) is 14.8 Å². The normalized spacial score (nSPS) is 13.5. The SMILES string of the molecule is CCCC(CO)(CO)C(=O)Oc1cccc(/C([O-])=N\S(=O)(=O)C(F)(F)F)c1. The number of ether oxygens (including phenoxy) is 1. The van der Waals surface area contributed by atoms with Gasteiger partial charge in [-0.15, -0.1) is 0 Å². The van der Waals surface area contributed by atoms with E-state index in [-0.39, 0.29) is 12.2 Å². The summed E-state index contributed by atoms with van der Waals surface area (Å²) in [6.07, 6.45) is 0.527. The quantitative estimate of drug-likeness (QED) is 0.272. The van der Waals surface area contributed by atoms with Crippen molar-refractivity contribution in [2.45, 2.75) is 25.3 Å². The van der Waals surface area contributed by atoms with Crippen LogP contribution >= 0.6 is 0 Å². The van der Waals surface area contributed by atoms with Crippen molar-refractivity contribution in [2.75, 3.05) is 13.2 Å². The summed E-state index contributed by atoms with van der Waals surface area (Å²) < 4.78 is 65.9. The number of carbonyl (C=O) groups excluding carboxylic acids is 1. The lowest BCUT2D eigenvalue weighted by atomic mass is 9.85. The summed E-state index contributed by atoms with van der Waals surface area (Å²) in [4.78, 5) is 12.2. The van der Waals surface area contributed by atoms with E-state index in [0.29, 0.717) is 6.42 Å². The summed E-state index contributed by atoms with van der Waals surface area (Å²) in [5.41, 5.74) is -7.89. The number of benzene rings is 1. The van der Waals surface area contributed by atoms with Crippen LogP contribution in [0.15, 0.2) is 28.7 Å². The van der Waals surface area contributed by atoms with Crippen molar-refractivity contribution in [3.8, 4) is 5.75 Å². The predicted molar refractivity (Wildman–Crippen MR) is 85.1 cm³/mol. The van der Waals surface area contributed by atoms with Crippen LogP contribution in [-0.4, -0.2) is 49.2 Å². The minimum Gasteiger partial charge on any atom is -0.858 e. The summed E-state index contributed by atoms with van der Waals surface area (Å²) >= 11 is 0. The van der Waals surface area contributed by atoms with Gasteiger partial charge >= 0.3 is 21.5 Å². The zero-order valence-corrected chi connectivity index (χ0v) is 14.9. The van der Waals surface area contributed by atoms with Crippen LogP contribution in [0, 0.1) is 5.41 Å². The minimum absolute atomic E-state index is 0.0939. The van der Waals surface area contributed by atoms with Gasteiger partial charge in [0, 0.05) is 5.90 Å². The van der Waals surface area contributed by atoms with Gasteiger partial charge in [-0.1, -0.05) is 25.5 Å². The number of esters is 1. The van der Waals surface area contributed by atoms with Crippen LogP contribution in [0.1, 0.15) is 25.3 Å². The number of rotatable bonds is 8. The molecule has 0 aliphatic carbocycles. The molecule has 0 saturated carbocycles. The van der Waals surface area contributed by atoms with Crippen LogP contribution in [0.2, 0.25) is 0 Å². The van der Waals surface area contributed by atoms with Gasteiger partial charge in [-0.2, -0.15) is 26.0 Å². The molecule has 0 fully saturated rings. The third-order valence-electron chi connectivity index (χ3n) is 3.55. The number of nitrogens with zero attached hydrogens (tertiary/aromatic N) is 1. The first-order chi connectivity index (χ1) is 12.4. The Morgan fingerprint density at radius 3 is 2.33 bits per heavy atom. The van der Waals surface area contributed by atoms with Crippen LogP contribution in [0.3, 0.4) is 0 Å². The van der Waals surface area contributed by atoms with E-state index in [0.717, 1.165) is 18.2 Å². The second-order valence-corrected chi connectivity index (χ2v) is 7.18. The van der Waals surface area contributed by atoms with Crippen molar-refractivity contribution in [2.24, 2.45) is 9.81 Å². The molecular weight excluding hydrogens is 395 g/mol. The molecule has 1 aromatic rings. The highest BCUT2D eigenvalue weighted by Gasteiger charge is 2.45. The molecule has 0 aromatic heterocycles. The third kappa shape index (κ3) is 5.40. The fourth-order valence-electron chi connectivity index (χ4n) is 2.04. The standard InChI is InChI=1S/C15H18F3NO7S/c1-2-6-14(8-20,9-21)13(23)26-11-5-3-4-10(7-11)12(22)19-27(24,25)15(16,17)18/h3-5,7,20-21H,2,6,8-9H2,1H3,(H,19,22)/p-1. The van der Waals surface area contributed by atoms with E-state index in [1.54, 1.807) is 6.92 Å². The Hall–Kier alpha value is -2.18.